The van der Waals surface area contributed by atoms with Crippen molar-refractivity contribution in [3.8, 4) is 0 Å². The fourth-order valence-electron chi connectivity index (χ4n) is 6.21. The van der Waals surface area contributed by atoms with Crippen LogP contribution in [0.25, 0.3) is 16.9 Å². The summed E-state index contributed by atoms with van der Waals surface area (Å²) >= 11 is 0. The molecule has 0 bridgehead atoms. The Labute approximate surface area is 260 Å². The number of primary amides is 1. The first-order chi connectivity index (χ1) is 21.7. The van der Waals surface area contributed by atoms with E-state index in [4.69, 9.17) is 10.8 Å². The third kappa shape index (κ3) is 6.46. The van der Waals surface area contributed by atoms with Crippen LogP contribution in [0, 0.1) is 5.41 Å². The van der Waals surface area contributed by atoms with Gasteiger partial charge in [-0.3, -0.25) is 23.7 Å². The second-order valence-electron chi connectivity index (χ2n) is 12.0. The lowest BCUT2D eigenvalue weighted by atomic mass is 9.69. The number of nitrogens with two attached hydrogens (primary N) is 1. The van der Waals surface area contributed by atoms with Crippen LogP contribution in [0.4, 0.5) is 0 Å². The first-order valence-corrected chi connectivity index (χ1v) is 15.6. The molecule has 6 rings (SSSR count). The molecule has 1 amide bonds. The highest BCUT2D eigenvalue weighted by Crippen LogP contribution is 2.39. The number of carbonyl (C=O) groups excluding carboxylic acids is 1. The van der Waals surface area contributed by atoms with Gasteiger partial charge in [0.15, 0.2) is 5.82 Å². The van der Waals surface area contributed by atoms with Gasteiger partial charge in [-0.25, -0.2) is 9.31 Å². The number of amides is 1. The molecule has 4 N–H and O–H groups in total. The van der Waals surface area contributed by atoms with E-state index in [9.17, 15) is 14.4 Å². The smallest absolute Gasteiger partial charge is 0.395 e. The largest absolute Gasteiger partial charge is 0.439 e. The molecule has 1 aromatic carbocycles. The molecule has 3 heterocycles. The lowest BCUT2D eigenvalue weighted by Gasteiger charge is -2.36. The average Bonchev–Trinajstić information content (AvgIpc) is 3.68. The van der Waals surface area contributed by atoms with Gasteiger partial charge >= 0.3 is 5.76 Å². The molecule has 2 fully saturated rings. The van der Waals surface area contributed by atoms with Crippen molar-refractivity contribution in [2.45, 2.75) is 83.6 Å². The number of carbonyl (C=O) groups is 1. The Morgan fingerprint density at radius 3 is 2.36 bits per heavy atom. The summed E-state index contributed by atoms with van der Waals surface area (Å²) in [5.41, 5.74) is 9.21. The predicted molar refractivity (Wildman–Crippen MR) is 170 cm³/mol. The van der Waals surface area contributed by atoms with Crippen molar-refractivity contribution in [3.05, 3.63) is 92.9 Å². The quantitative estimate of drug-likeness (QED) is 0.225. The number of aryl methyl sites for hydroxylation is 1. The molecular formula is C33H41N7O5. The maximum Gasteiger partial charge on any atom is 0.439 e. The molecule has 0 radical (unpaired) electrons. The van der Waals surface area contributed by atoms with Crippen LogP contribution >= 0.6 is 0 Å². The number of allylic oxidation sites excluding steroid dienone is 2. The fraction of sp³-hybridized carbons (Fsp3) is 0.455. The fourth-order valence-corrected chi connectivity index (χ4v) is 6.21. The minimum atomic E-state index is -0.639. The Morgan fingerprint density at radius 1 is 1.11 bits per heavy atom. The van der Waals surface area contributed by atoms with Gasteiger partial charge in [0, 0.05) is 23.6 Å². The monoisotopic (exact) mass is 615 g/mol. The van der Waals surface area contributed by atoms with E-state index in [0.717, 1.165) is 80.2 Å². The number of fused-ring (bicyclic) bond motifs is 1. The van der Waals surface area contributed by atoms with Crippen LogP contribution < -0.4 is 17.0 Å². The first kappa shape index (κ1) is 31.8. The van der Waals surface area contributed by atoms with Crippen molar-refractivity contribution in [1.82, 2.24) is 29.3 Å². The summed E-state index contributed by atoms with van der Waals surface area (Å²) in [6, 6.07) is 8.02. The van der Waals surface area contributed by atoms with Crippen LogP contribution in [0.1, 0.15) is 99.0 Å². The number of hydrogen-bond acceptors (Lipinski definition) is 8. The Kier molecular flexibility index (Phi) is 9.62. The molecule has 2 saturated carbocycles. The molecule has 12 heteroatoms. The Balaban J connectivity index is 0.000000383. The van der Waals surface area contributed by atoms with Crippen molar-refractivity contribution in [1.29, 1.82) is 0 Å². The van der Waals surface area contributed by atoms with E-state index < -0.39 is 11.2 Å². The Morgan fingerprint density at radius 2 is 1.82 bits per heavy atom. The summed E-state index contributed by atoms with van der Waals surface area (Å²) < 4.78 is 8.33. The van der Waals surface area contributed by atoms with Gasteiger partial charge in [-0.15, -0.1) is 0 Å². The van der Waals surface area contributed by atoms with Gasteiger partial charge < -0.3 is 10.8 Å². The van der Waals surface area contributed by atoms with E-state index in [1.54, 1.807) is 6.33 Å². The summed E-state index contributed by atoms with van der Waals surface area (Å²) in [6.45, 7) is 10.1. The highest BCUT2D eigenvalue weighted by atomic mass is 16.5. The third-order valence-electron chi connectivity index (χ3n) is 9.16. The summed E-state index contributed by atoms with van der Waals surface area (Å²) in [6.07, 6.45) is 11.7. The number of benzene rings is 1. The number of H-pyrrole nitrogens is 1. The lowest BCUT2D eigenvalue weighted by molar-refractivity contribution is -0.135. The summed E-state index contributed by atoms with van der Waals surface area (Å²) in [5, 5.41) is 16.9. The van der Waals surface area contributed by atoms with Crippen LogP contribution in [0.15, 0.2) is 57.9 Å². The van der Waals surface area contributed by atoms with Gasteiger partial charge in [0.05, 0.1) is 17.7 Å². The number of aliphatic hydroxyl groups is 1. The zero-order valence-electron chi connectivity index (χ0n) is 25.8. The maximum atomic E-state index is 13.9. The molecule has 4 aromatic rings. The van der Waals surface area contributed by atoms with Crippen molar-refractivity contribution < 1.29 is 14.4 Å². The zero-order valence-corrected chi connectivity index (χ0v) is 25.8. The first-order valence-electron chi connectivity index (χ1n) is 15.6. The van der Waals surface area contributed by atoms with Crippen LogP contribution in [0.3, 0.4) is 0 Å². The number of aromatic nitrogens is 6. The number of nitrogens with zero attached hydrogens (tertiary/aromatic N) is 5. The van der Waals surface area contributed by atoms with Gasteiger partial charge in [-0.05, 0) is 48.8 Å². The van der Waals surface area contributed by atoms with Crippen molar-refractivity contribution in [2.24, 2.45) is 11.1 Å². The summed E-state index contributed by atoms with van der Waals surface area (Å²) in [4.78, 5) is 42.8. The molecule has 45 heavy (non-hydrogen) atoms. The van der Waals surface area contributed by atoms with Crippen molar-refractivity contribution in [2.75, 3.05) is 6.61 Å². The van der Waals surface area contributed by atoms with Crippen molar-refractivity contribution in [3.63, 3.8) is 0 Å². The van der Waals surface area contributed by atoms with E-state index in [0.29, 0.717) is 23.3 Å². The normalized spacial score (nSPS) is 16.0. The number of aromatic amines is 1. The number of nitrogens with one attached hydrogen (secondary N) is 1. The Hall–Kier alpha value is -4.58. The minimum absolute atomic E-state index is 0.0442. The molecule has 0 atom stereocenters. The number of aliphatic hydroxyl groups excluding tert-OH is 1. The highest BCUT2D eigenvalue weighted by Gasteiger charge is 2.41. The number of hydrogen-bond donors (Lipinski definition) is 3. The summed E-state index contributed by atoms with van der Waals surface area (Å²) in [7, 11) is 0. The van der Waals surface area contributed by atoms with E-state index in [1.165, 1.54) is 6.42 Å². The van der Waals surface area contributed by atoms with Crippen LogP contribution in [0.2, 0.25) is 0 Å². The second-order valence-corrected chi connectivity index (χ2v) is 12.0. The topological polar surface area (TPSA) is 174 Å². The van der Waals surface area contributed by atoms with Crippen LogP contribution in [-0.4, -0.2) is 46.9 Å². The molecule has 3 aromatic heterocycles. The lowest BCUT2D eigenvalue weighted by Crippen LogP contribution is -2.45. The summed E-state index contributed by atoms with van der Waals surface area (Å²) in [5.74, 6) is -0.0884. The van der Waals surface area contributed by atoms with Gasteiger partial charge in [-0.1, -0.05) is 81.6 Å². The van der Waals surface area contributed by atoms with Gasteiger partial charge in [0.25, 0.3) is 5.56 Å². The van der Waals surface area contributed by atoms with E-state index in [-0.39, 0.29) is 29.9 Å². The van der Waals surface area contributed by atoms with Gasteiger partial charge in [0.1, 0.15) is 6.33 Å². The molecule has 238 valence electrons. The molecule has 0 aliphatic heterocycles. The zero-order chi connectivity index (χ0) is 32.1. The average molecular weight is 616 g/mol. The molecular weight excluding hydrogens is 574 g/mol. The van der Waals surface area contributed by atoms with E-state index >= 15 is 0 Å². The molecule has 2 aliphatic carbocycles. The maximum absolute atomic E-state index is 13.9. The predicted octanol–water partition coefficient (Wildman–Crippen LogP) is 3.98. The second kappa shape index (κ2) is 13.6. The minimum Gasteiger partial charge on any atom is -0.395 e. The van der Waals surface area contributed by atoms with Crippen molar-refractivity contribution >= 4 is 22.8 Å². The van der Waals surface area contributed by atoms with Crippen LogP contribution in [-0.2, 0) is 17.6 Å². The Bertz CT molecular complexity index is 1800. The van der Waals surface area contributed by atoms with E-state index in [1.807, 2.05) is 33.3 Å². The standard InChI is InChI=1S/C27H30N6O3.C6H11NO2/c1-4-8-23-22(25(34)32(21-9-6-5-7-10-21)26-28-16-29-33(23)26)15-19-11-13-20(14-12-19)17(2)18(3)24-30-27(35)36-31-24;7-5(9)6(4-8)2-1-3-6/h11-14,16,21H,2-10,15H2,1H3,(H,30,31,35);8H,1-4H2,(H2,7,9). The number of rotatable bonds is 10. The SMILES string of the molecule is C=C(C(=C)c1noc(=O)[nH]1)c1ccc(Cc2c(CCC)n3ncnc3n(C3CCCCC3)c2=O)cc1.NC(=O)C1(CO)CCC1. The molecule has 0 saturated heterocycles. The van der Waals surface area contributed by atoms with Gasteiger partial charge in [0.2, 0.25) is 11.7 Å². The third-order valence-corrected chi connectivity index (χ3v) is 9.16. The van der Waals surface area contributed by atoms with Crippen LogP contribution in [0.5, 0.6) is 0 Å². The molecule has 0 unspecified atom stereocenters. The highest BCUT2D eigenvalue weighted by molar-refractivity contribution is 6.01. The molecule has 2 aliphatic rings. The van der Waals surface area contributed by atoms with Gasteiger partial charge in [-0.2, -0.15) is 10.1 Å². The van der Waals surface area contributed by atoms with E-state index in [2.05, 4.69) is 44.8 Å². The molecule has 12 nitrogen and oxygen atoms in total. The molecule has 0 spiro atoms.